The molecule has 5 rings (SSSR count). The molecule has 0 bridgehead atoms. The third kappa shape index (κ3) is 4.49. The summed E-state index contributed by atoms with van der Waals surface area (Å²) >= 11 is 0. The Kier molecular flexibility index (Phi) is 6.70. The number of hydrazine groups is 1. The lowest BCUT2D eigenvalue weighted by Crippen LogP contribution is -2.46. The van der Waals surface area contributed by atoms with Gasteiger partial charge in [-0.3, -0.25) is 5.43 Å². The van der Waals surface area contributed by atoms with Crippen molar-refractivity contribution in [3.63, 3.8) is 0 Å². The lowest BCUT2D eigenvalue weighted by Gasteiger charge is -2.35. The number of anilines is 1. The van der Waals surface area contributed by atoms with Crippen molar-refractivity contribution in [1.29, 1.82) is 0 Å². The van der Waals surface area contributed by atoms with E-state index in [1.807, 2.05) is 12.1 Å². The number of nitrogens with one attached hydrogen (secondary N) is 2. The molecule has 9 heteroatoms. The predicted molar refractivity (Wildman–Crippen MR) is 138 cm³/mol. The molecule has 2 aromatic carbocycles. The highest BCUT2D eigenvalue weighted by molar-refractivity contribution is 5.95. The molecule has 0 aliphatic carbocycles. The summed E-state index contributed by atoms with van der Waals surface area (Å²) < 4.78 is 17.3. The Morgan fingerprint density at radius 1 is 1.11 bits per heavy atom. The molecular formula is C26H34N6O3. The topological polar surface area (TPSA) is 96.6 Å². The molecule has 1 atom stereocenters. The highest BCUT2D eigenvalue weighted by atomic mass is 16.5. The van der Waals surface area contributed by atoms with Crippen LogP contribution in [0.5, 0.6) is 17.2 Å². The van der Waals surface area contributed by atoms with E-state index >= 15 is 0 Å². The van der Waals surface area contributed by atoms with Gasteiger partial charge in [0.1, 0.15) is 23.3 Å². The zero-order chi connectivity index (χ0) is 24.4. The van der Waals surface area contributed by atoms with Crippen LogP contribution in [0.3, 0.4) is 0 Å². The number of ether oxygens (including phenoxy) is 3. The van der Waals surface area contributed by atoms with E-state index in [4.69, 9.17) is 25.0 Å². The van der Waals surface area contributed by atoms with Crippen molar-refractivity contribution in [2.75, 3.05) is 58.5 Å². The summed E-state index contributed by atoms with van der Waals surface area (Å²) in [4.78, 5) is 9.83. The predicted octanol–water partition coefficient (Wildman–Crippen LogP) is 2.50. The average molecular weight is 479 g/mol. The molecule has 1 fully saturated rings. The second kappa shape index (κ2) is 10.1. The SMILES string of the molecule is CCN1CCN(c2ccc(C3N=C(NN)NC4=C3CCOc3cc(OC)cc(OC)c34)cc2)CC1. The molecule has 3 aliphatic heterocycles. The quantitative estimate of drug-likeness (QED) is 0.446. The maximum absolute atomic E-state index is 6.14. The average Bonchev–Trinajstić information content (AvgIpc) is 3.11. The van der Waals surface area contributed by atoms with Crippen molar-refractivity contribution in [2.45, 2.75) is 19.4 Å². The van der Waals surface area contributed by atoms with Crippen molar-refractivity contribution in [3.8, 4) is 17.2 Å². The van der Waals surface area contributed by atoms with Gasteiger partial charge in [0, 0.05) is 50.4 Å². The third-order valence-electron chi connectivity index (χ3n) is 7.06. The summed E-state index contributed by atoms with van der Waals surface area (Å²) in [5.74, 6) is 8.38. The van der Waals surface area contributed by atoms with Crippen LogP contribution < -0.4 is 35.7 Å². The maximum Gasteiger partial charge on any atom is 0.211 e. The van der Waals surface area contributed by atoms with Gasteiger partial charge >= 0.3 is 0 Å². The lowest BCUT2D eigenvalue weighted by atomic mass is 9.91. The van der Waals surface area contributed by atoms with E-state index in [9.17, 15) is 0 Å². The zero-order valence-corrected chi connectivity index (χ0v) is 20.6. The Morgan fingerprint density at radius 2 is 1.89 bits per heavy atom. The first-order chi connectivity index (χ1) is 17.1. The molecule has 1 saturated heterocycles. The monoisotopic (exact) mass is 478 g/mol. The van der Waals surface area contributed by atoms with Crippen LogP contribution in [0.25, 0.3) is 5.70 Å². The minimum Gasteiger partial charge on any atom is -0.496 e. The first kappa shape index (κ1) is 23.3. The van der Waals surface area contributed by atoms with Crippen LogP contribution in [0.4, 0.5) is 5.69 Å². The van der Waals surface area contributed by atoms with Crippen molar-refractivity contribution in [1.82, 2.24) is 15.6 Å². The fourth-order valence-corrected chi connectivity index (χ4v) is 5.07. The molecule has 35 heavy (non-hydrogen) atoms. The van der Waals surface area contributed by atoms with Gasteiger partial charge in [-0.05, 0) is 29.8 Å². The Balaban J connectivity index is 1.50. The third-order valence-corrected chi connectivity index (χ3v) is 7.06. The highest BCUT2D eigenvalue weighted by Crippen LogP contribution is 2.45. The number of guanidine groups is 1. The first-order valence-corrected chi connectivity index (χ1v) is 12.2. The summed E-state index contributed by atoms with van der Waals surface area (Å²) in [6.45, 7) is 8.16. The fraction of sp³-hybridized carbons (Fsp3) is 0.423. The largest absolute Gasteiger partial charge is 0.496 e. The molecule has 186 valence electrons. The van der Waals surface area contributed by atoms with E-state index in [0.717, 1.165) is 61.5 Å². The van der Waals surface area contributed by atoms with Gasteiger partial charge < -0.3 is 29.3 Å². The molecule has 0 saturated carbocycles. The molecule has 4 N–H and O–H groups in total. The molecule has 0 radical (unpaired) electrons. The minimum absolute atomic E-state index is 0.190. The molecule has 0 aromatic heterocycles. The van der Waals surface area contributed by atoms with Gasteiger partial charge in [0.05, 0.1) is 32.1 Å². The number of aliphatic imine (C=N–C) groups is 1. The normalized spacial score (nSPS) is 20.1. The van der Waals surface area contributed by atoms with Crippen LogP contribution in [0.2, 0.25) is 0 Å². The Labute approximate surface area is 206 Å². The van der Waals surface area contributed by atoms with Crippen LogP contribution in [-0.2, 0) is 0 Å². The fourth-order valence-electron chi connectivity index (χ4n) is 5.07. The molecule has 9 nitrogen and oxygen atoms in total. The minimum atomic E-state index is -0.190. The number of benzene rings is 2. The Morgan fingerprint density at radius 3 is 2.54 bits per heavy atom. The Bertz CT molecular complexity index is 1120. The van der Waals surface area contributed by atoms with Crippen molar-refractivity contribution < 1.29 is 14.2 Å². The molecule has 3 aliphatic rings. The van der Waals surface area contributed by atoms with E-state index in [0.29, 0.717) is 29.8 Å². The summed E-state index contributed by atoms with van der Waals surface area (Å²) in [5.41, 5.74) is 7.95. The van der Waals surface area contributed by atoms with Crippen molar-refractivity contribution >= 4 is 17.3 Å². The number of piperazine rings is 1. The second-order valence-electron chi connectivity index (χ2n) is 8.86. The standard InChI is InChI=1S/C26H34N6O3/c1-4-31-10-12-32(13-11-31)18-7-5-17(6-8-18)24-20-9-14-35-22-16-19(33-2)15-21(34-3)23(22)25(20)29-26(28-24)30-27/h5-8,15-16,24H,4,9-14,27H2,1-3H3,(H2,28,29,30). The van der Waals surface area contributed by atoms with Crippen LogP contribution in [-0.4, -0.2) is 64.4 Å². The maximum atomic E-state index is 6.14. The van der Waals surface area contributed by atoms with Crippen LogP contribution in [0.15, 0.2) is 47.0 Å². The smallest absolute Gasteiger partial charge is 0.211 e. The van der Waals surface area contributed by atoms with Gasteiger partial charge in [-0.2, -0.15) is 0 Å². The highest BCUT2D eigenvalue weighted by Gasteiger charge is 2.32. The number of methoxy groups -OCH3 is 2. The molecule has 3 heterocycles. The number of nitrogens with zero attached hydrogens (tertiary/aromatic N) is 3. The van der Waals surface area contributed by atoms with E-state index in [1.165, 1.54) is 5.69 Å². The number of fused-ring (bicyclic) bond motifs is 2. The van der Waals surface area contributed by atoms with Crippen molar-refractivity contribution in [3.05, 3.63) is 53.1 Å². The zero-order valence-electron chi connectivity index (χ0n) is 20.6. The number of likely N-dealkylation sites (N-methyl/N-ethyl adjacent to an activating group) is 1. The summed E-state index contributed by atoms with van der Waals surface area (Å²) in [6.07, 6.45) is 0.717. The van der Waals surface area contributed by atoms with Gasteiger partial charge in [-0.1, -0.05) is 19.1 Å². The van der Waals surface area contributed by atoms with Crippen LogP contribution in [0.1, 0.15) is 30.5 Å². The number of rotatable bonds is 5. The molecule has 0 amide bonds. The number of hydrogen-bond donors (Lipinski definition) is 3. The van der Waals surface area contributed by atoms with E-state index in [-0.39, 0.29) is 6.04 Å². The van der Waals surface area contributed by atoms with Gasteiger partial charge in [0.15, 0.2) is 0 Å². The van der Waals surface area contributed by atoms with Crippen molar-refractivity contribution in [2.24, 2.45) is 10.8 Å². The van der Waals surface area contributed by atoms with Crippen LogP contribution in [0, 0.1) is 0 Å². The summed E-state index contributed by atoms with van der Waals surface area (Å²) in [6, 6.07) is 12.3. The van der Waals surface area contributed by atoms with E-state index < -0.39 is 0 Å². The van der Waals surface area contributed by atoms with Gasteiger partial charge in [0.25, 0.3) is 0 Å². The number of hydrogen-bond acceptors (Lipinski definition) is 9. The molecule has 1 unspecified atom stereocenters. The lowest BCUT2D eigenvalue weighted by molar-refractivity contribution is 0.271. The van der Waals surface area contributed by atoms with Gasteiger partial charge in [-0.15, -0.1) is 0 Å². The number of nitrogens with two attached hydrogens (primary N) is 1. The van der Waals surface area contributed by atoms with Crippen LogP contribution >= 0.6 is 0 Å². The molecular weight excluding hydrogens is 444 g/mol. The van der Waals surface area contributed by atoms with Gasteiger partial charge in [-0.25, -0.2) is 10.8 Å². The first-order valence-electron chi connectivity index (χ1n) is 12.2. The van der Waals surface area contributed by atoms with E-state index in [2.05, 4.69) is 51.7 Å². The second-order valence-corrected chi connectivity index (χ2v) is 8.86. The summed E-state index contributed by atoms with van der Waals surface area (Å²) in [5, 5.41) is 3.37. The molecule has 2 aromatic rings. The van der Waals surface area contributed by atoms with Gasteiger partial charge in [0.2, 0.25) is 5.96 Å². The molecule has 0 spiro atoms. The summed E-state index contributed by atoms with van der Waals surface area (Å²) in [7, 11) is 3.28. The van der Waals surface area contributed by atoms with E-state index in [1.54, 1.807) is 14.2 Å². The Hall–Kier alpha value is -3.43.